The number of unbranched alkanes of at least 4 members (excludes halogenated alkanes) is 2. The van der Waals surface area contributed by atoms with Gasteiger partial charge in [-0.15, -0.1) is 0 Å². The molecular weight excluding hydrogens is 654 g/mol. The van der Waals surface area contributed by atoms with Crippen molar-refractivity contribution in [1.29, 1.82) is 0 Å². The Bertz CT molecular complexity index is 1470. The second-order valence-electron chi connectivity index (χ2n) is 13.8. The molecule has 1 aliphatic heterocycles. The molecule has 1 aliphatic rings. The Morgan fingerprint density at radius 2 is 1.51 bits per heavy atom. The van der Waals surface area contributed by atoms with E-state index >= 15 is 0 Å². The van der Waals surface area contributed by atoms with E-state index in [4.69, 9.17) is 4.74 Å². The maximum absolute atomic E-state index is 13.0. The number of amides is 6. The van der Waals surface area contributed by atoms with E-state index < -0.39 is 39.8 Å². The van der Waals surface area contributed by atoms with Crippen molar-refractivity contribution >= 4 is 51.2 Å². The Balaban J connectivity index is 1.81. The number of imide groups is 1. The first kappa shape index (κ1) is 40.9. The van der Waals surface area contributed by atoms with E-state index in [0.717, 1.165) is 11.2 Å². The first-order chi connectivity index (χ1) is 22.8. The van der Waals surface area contributed by atoms with Crippen LogP contribution in [0.4, 0.5) is 10.5 Å². The molecule has 2 rings (SSSR count). The van der Waals surface area contributed by atoms with Crippen LogP contribution < -0.4 is 16.0 Å². The zero-order chi connectivity index (χ0) is 36.9. The van der Waals surface area contributed by atoms with Crippen LogP contribution in [0.3, 0.4) is 0 Å². The third-order valence-corrected chi connectivity index (χ3v) is 8.37. The molecule has 0 saturated carbocycles. The lowest BCUT2D eigenvalue weighted by atomic mass is 9.96. The summed E-state index contributed by atoms with van der Waals surface area (Å²) >= 11 is 0. The lowest BCUT2D eigenvalue weighted by Gasteiger charge is -2.29. The Morgan fingerprint density at radius 1 is 0.898 bits per heavy atom. The quantitative estimate of drug-likeness (QED) is 0.152. The number of nitrogens with one attached hydrogen (secondary N) is 3. The molecule has 0 radical (unpaired) electrons. The van der Waals surface area contributed by atoms with Gasteiger partial charge in [-0.3, -0.25) is 28.9 Å². The van der Waals surface area contributed by atoms with Crippen LogP contribution in [-0.4, -0.2) is 97.6 Å². The van der Waals surface area contributed by atoms with Gasteiger partial charge in [-0.1, -0.05) is 53.2 Å². The van der Waals surface area contributed by atoms with Crippen molar-refractivity contribution in [2.75, 3.05) is 37.0 Å². The highest BCUT2D eigenvalue weighted by molar-refractivity contribution is 7.90. The van der Waals surface area contributed by atoms with Gasteiger partial charge in [0.05, 0.1) is 5.75 Å². The van der Waals surface area contributed by atoms with E-state index in [1.165, 1.54) is 24.0 Å². The van der Waals surface area contributed by atoms with Crippen molar-refractivity contribution in [3.05, 3.63) is 42.0 Å². The van der Waals surface area contributed by atoms with Crippen molar-refractivity contribution in [3.63, 3.8) is 0 Å². The average Bonchev–Trinajstić information content (AvgIpc) is 3.32. The van der Waals surface area contributed by atoms with Crippen LogP contribution in [0, 0.1) is 11.3 Å². The molecule has 0 aliphatic carbocycles. The van der Waals surface area contributed by atoms with Gasteiger partial charge in [0.15, 0.2) is 0 Å². The summed E-state index contributed by atoms with van der Waals surface area (Å²) in [6, 6.07) is 4.81. The monoisotopic (exact) mass is 705 g/mol. The molecule has 14 nitrogen and oxygen atoms in total. The van der Waals surface area contributed by atoms with Crippen LogP contribution in [0.5, 0.6) is 0 Å². The fourth-order valence-corrected chi connectivity index (χ4v) is 5.34. The Kier molecular flexibility index (Phi) is 15.4. The summed E-state index contributed by atoms with van der Waals surface area (Å²) in [4.78, 5) is 76.9. The van der Waals surface area contributed by atoms with Crippen LogP contribution in [0.15, 0.2) is 36.4 Å². The summed E-state index contributed by atoms with van der Waals surface area (Å²) in [5, 5.41) is 8.11. The van der Waals surface area contributed by atoms with Crippen molar-refractivity contribution < 1.29 is 41.9 Å². The van der Waals surface area contributed by atoms with Gasteiger partial charge in [0.2, 0.25) is 17.7 Å². The third-order valence-electron chi connectivity index (χ3n) is 7.44. The molecule has 0 fully saturated rings. The molecule has 15 heteroatoms. The Labute approximate surface area is 289 Å². The van der Waals surface area contributed by atoms with Crippen LogP contribution in [0.2, 0.25) is 0 Å². The maximum Gasteiger partial charge on any atom is 0.410 e. The van der Waals surface area contributed by atoms with Gasteiger partial charge in [-0.25, -0.2) is 13.2 Å². The van der Waals surface area contributed by atoms with E-state index in [-0.39, 0.29) is 60.9 Å². The van der Waals surface area contributed by atoms with Crippen LogP contribution in [0.1, 0.15) is 72.8 Å². The molecule has 1 aromatic carbocycles. The largest absolute Gasteiger partial charge is 0.445 e. The highest BCUT2D eigenvalue weighted by atomic mass is 32.2. The van der Waals surface area contributed by atoms with Crippen LogP contribution >= 0.6 is 0 Å². The highest BCUT2D eigenvalue weighted by Gasteiger charge is 2.28. The summed E-state index contributed by atoms with van der Waals surface area (Å²) in [5.74, 6) is -2.39. The van der Waals surface area contributed by atoms with E-state index in [1.807, 2.05) is 20.8 Å². The van der Waals surface area contributed by atoms with E-state index in [9.17, 15) is 37.2 Å². The van der Waals surface area contributed by atoms with Gasteiger partial charge in [0, 0.05) is 50.2 Å². The van der Waals surface area contributed by atoms with Crippen molar-refractivity contribution in [2.24, 2.45) is 11.3 Å². The van der Waals surface area contributed by atoms with Crippen LogP contribution in [0.25, 0.3) is 0 Å². The smallest absolute Gasteiger partial charge is 0.410 e. The van der Waals surface area contributed by atoms with Gasteiger partial charge >= 0.3 is 6.09 Å². The van der Waals surface area contributed by atoms with E-state index in [2.05, 4.69) is 16.0 Å². The van der Waals surface area contributed by atoms with Crippen molar-refractivity contribution in [2.45, 2.75) is 85.9 Å². The molecule has 6 amide bonds. The van der Waals surface area contributed by atoms with Crippen LogP contribution in [-0.2, 0) is 45.2 Å². The summed E-state index contributed by atoms with van der Waals surface area (Å²) in [7, 11) is -3.27. The average molecular weight is 706 g/mol. The molecule has 1 heterocycles. The minimum absolute atomic E-state index is 0.0199. The minimum Gasteiger partial charge on any atom is -0.445 e. The summed E-state index contributed by atoms with van der Waals surface area (Å²) in [5.41, 5.74) is 0.834. The van der Waals surface area contributed by atoms with Gasteiger partial charge < -0.3 is 25.6 Å². The number of ether oxygens (including phenoxy) is 1. The number of benzene rings is 1. The fourth-order valence-electron chi connectivity index (χ4n) is 4.79. The maximum atomic E-state index is 13.0. The second-order valence-corrected chi connectivity index (χ2v) is 16.1. The minimum atomic E-state index is -3.27. The number of carbonyl (C=O) groups excluding carboxylic acids is 6. The summed E-state index contributed by atoms with van der Waals surface area (Å²) < 4.78 is 28.7. The van der Waals surface area contributed by atoms with Gasteiger partial charge in [-0.2, -0.15) is 0 Å². The normalized spacial score (nSPS) is 14.4. The predicted molar refractivity (Wildman–Crippen MR) is 185 cm³/mol. The van der Waals surface area contributed by atoms with E-state index in [0.29, 0.717) is 37.1 Å². The molecule has 0 saturated heterocycles. The van der Waals surface area contributed by atoms with Gasteiger partial charge in [0.25, 0.3) is 11.8 Å². The number of sulfone groups is 1. The first-order valence-corrected chi connectivity index (χ1v) is 18.4. The third kappa shape index (κ3) is 15.2. The number of hydrogen-bond donors (Lipinski definition) is 3. The predicted octanol–water partition coefficient (Wildman–Crippen LogP) is 2.79. The standard InChI is InChI=1S/C34H51N5O9S/c1-23(2)30(37-27(40)11-9-8-10-18-39-28(41)16-17-29(39)42)32(44)35-24(3)31(43)36-26-14-12-25(13-15-26)21-48-33(45)38(22-34(4,5)6)19-20-49(7,46)47/h12-17,23-24,30H,8-11,18-22H2,1-7H3,(H,35,44)(H,36,43)(H,37,40)/t24-,30-/m0/s1. The topological polar surface area (TPSA) is 188 Å². The molecule has 3 N–H and O–H groups in total. The molecule has 0 aromatic heterocycles. The Hall–Kier alpha value is -4.27. The SMILES string of the molecule is CC(C)[C@H](NC(=O)CCCCCN1C(=O)C=CC1=O)C(=O)N[C@@H](C)C(=O)Nc1ccc(COC(=O)N(CCS(C)(=O)=O)CC(C)(C)C)cc1. The van der Waals surface area contributed by atoms with Gasteiger partial charge in [-0.05, 0) is 48.8 Å². The zero-order valence-electron chi connectivity index (χ0n) is 29.5. The molecule has 2 atom stereocenters. The molecule has 0 unspecified atom stereocenters. The number of carbonyl (C=O) groups is 6. The van der Waals surface area contributed by atoms with Crippen molar-refractivity contribution in [3.8, 4) is 0 Å². The molecule has 0 bridgehead atoms. The lowest BCUT2D eigenvalue weighted by molar-refractivity contribution is -0.137. The molecule has 0 spiro atoms. The van der Waals surface area contributed by atoms with E-state index in [1.54, 1.807) is 38.1 Å². The molecule has 49 heavy (non-hydrogen) atoms. The number of anilines is 1. The number of nitrogens with zero attached hydrogens (tertiary/aromatic N) is 2. The van der Waals surface area contributed by atoms with Gasteiger partial charge in [0.1, 0.15) is 28.5 Å². The second kappa shape index (κ2) is 18.5. The Morgan fingerprint density at radius 3 is 2.06 bits per heavy atom. The number of rotatable bonds is 18. The van der Waals surface area contributed by atoms with Crippen molar-refractivity contribution in [1.82, 2.24) is 20.4 Å². The molecule has 272 valence electrons. The fraction of sp³-hybridized carbons (Fsp3) is 0.588. The molecular formula is C34H51N5O9S. The summed E-state index contributed by atoms with van der Waals surface area (Å²) in [6.07, 6.45) is 4.82. The molecule has 1 aromatic rings. The first-order valence-electron chi connectivity index (χ1n) is 16.4. The zero-order valence-corrected chi connectivity index (χ0v) is 30.4. The number of hydrogen-bond acceptors (Lipinski definition) is 9. The summed E-state index contributed by atoms with van der Waals surface area (Å²) in [6.45, 7) is 11.5. The lowest BCUT2D eigenvalue weighted by Crippen LogP contribution is -2.53. The highest BCUT2D eigenvalue weighted by Crippen LogP contribution is 2.17.